The summed E-state index contributed by atoms with van der Waals surface area (Å²) in [5.41, 5.74) is 3.15. The SMILES string of the molecule is CC(=O)c1csc(NC(=O)c2cccnc2Sc2ccc(C)cc2C)n1. The van der Waals surface area contributed by atoms with Gasteiger partial charge in [-0.2, -0.15) is 0 Å². The third-order valence-electron chi connectivity index (χ3n) is 3.64. The molecular formula is C19H17N3O2S2. The van der Waals surface area contributed by atoms with Crippen molar-refractivity contribution in [3.05, 3.63) is 64.3 Å². The molecule has 0 aliphatic heterocycles. The molecule has 0 spiro atoms. The van der Waals surface area contributed by atoms with Crippen LogP contribution in [0.4, 0.5) is 5.13 Å². The summed E-state index contributed by atoms with van der Waals surface area (Å²) in [7, 11) is 0. The monoisotopic (exact) mass is 383 g/mol. The van der Waals surface area contributed by atoms with Gasteiger partial charge in [0.15, 0.2) is 10.9 Å². The Morgan fingerprint density at radius 3 is 2.69 bits per heavy atom. The molecule has 0 unspecified atom stereocenters. The molecule has 2 heterocycles. The summed E-state index contributed by atoms with van der Waals surface area (Å²) in [5.74, 6) is -0.427. The molecule has 7 heteroatoms. The first-order valence-electron chi connectivity index (χ1n) is 7.92. The molecule has 0 fully saturated rings. The average Bonchev–Trinajstić information content (AvgIpc) is 3.06. The highest BCUT2D eigenvalue weighted by Crippen LogP contribution is 2.32. The summed E-state index contributed by atoms with van der Waals surface area (Å²) in [6.07, 6.45) is 1.67. The topological polar surface area (TPSA) is 72.0 Å². The number of carbonyl (C=O) groups is 2. The smallest absolute Gasteiger partial charge is 0.260 e. The van der Waals surface area contributed by atoms with Crippen LogP contribution in [0.3, 0.4) is 0 Å². The number of benzene rings is 1. The lowest BCUT2D eigenvalue weighted by molar-refractivity contribution is 0.100. The molecule has 132 valence electrons. The van der Waals surface area contributed by atoms with Crippen molar-refractivity contribution in [2.24, 2.45) is 0 Å². The van der Waals surface area contributed by atoms with E-state index in [0.717, 1.165) is 10.5 Å². The van der Waals surface area contributed by atoms with Gasteiger partial charge in [0.2, 0.25) is 0 Å². The largest absolute Gasteiger partial charge is 0.298 e. The number of nitrogens with one attached hydrogen (secondary N) is 1. The Labute approximate surface area is 159 Å². The fourth-order valence-electron chi connectivity index (χ4n) is 2.32. The van der Waals surface area contributed by atoms with Gasteiger partial charge in [-0.25, -0.2) is 9.97 Å². The maximum atomic E-state index is 12.7. The van der Waals surface area contributed by atoms with Crippen LogP contribution in [0.15, 0.2) is 51.8 Å². The van der Waals surface area contributed by atoms with Gasteiger partial charge in [-0.3, -0.25) is 14.9 Å². The third kappa shape index (κ3) is 4.17. The molecule has 5 nitrogen and oxygen atoms in total. The number of aromatic nitrogens is 2. The van der Waals surface area contributed by atoms with Crippen molar-refractivity contribution in [2.45, 2.75) is 30.7 Å². The van der Waals surface area contributed by atoms with E-state index < -0.39 is 0 Å². The maximum Gasteiger partial charge on any atom is 0.260 e. The molecule has 1 amide bonds. The van der Waals surface area contributed by atoms with Gasteiger partial charge in [-0.15, -0.1) is 11.3 Å². The number of Topliss-reactive ketones (excluding diaryl/α,β-unsaturated/α-hetero) is 1. The number of rotatable bonds is 5. The van der Waals surface area contributed by atoms with Crippen LogP contribution >= 0.6 is 23.1 Å². The highest BCUT2D eigenvalue weighted by atomic mass is 32.2. The third-order valence-corrected chi connectivity index (χ3v) is 5.59. The van der Waals surface area contributed by atoms with Crippen molar-refractivity contribution in [3.63, 3.8) is 0 Å². The summed E-state index contributed by atoms with van der Waals surface area (Å²) in [6.45, 7) is 5.53. The highest BCUT2D eigenvalue weighted by Gasteiger charge is 2.16. The van der Waals surface area contributed by atoms with Gasteiger partial charge in [-0.05, 0) is 37.6 Å². The number of hydrogen-bond donors (Lipinski definition) is 1. The van der Waals surface area contributed by atoms with Crippen LogP contribution in [-0.4, -0.2) is 21.7 Å². The standard InChI is InChI=1S/C19H17N3O2S2/c1-11-6-7-16(12(2)9-11)26-18-14(5-4-8-20-18)17(24)22-19-21-15(10-25-19)13(3)23/h4-10H,1-3H3,(H,21,22,24). The zero-order valence-electron chi connectivity index (χ0n) is 14.6. The highest BCUT2D eigenvalue weighted by molar-refractivity contribution is 7.99. The number of anilines is 1. The normalized spacial score (nSPS) is 10.6. The van der Waals surface area contributed by atoms with E-state index in [-0.39, 0.29) is 11.7 Å². The molecule has 0 bridgehead atoms. The molecular weight excluding hydrogens is 366 g/mol. The zero-order chi connectivity index (χ0) is 18.7. The number of nitrogens with zero attached hydrogens (tertiary/aromatic N) is 2. The Kier molecular flexibility index (Phi) is 5.49. The summed E-state index contributed by atoms with van der Waals surface area (Å²) in [5, 5.41) is 5.40. The van der Waals surface area contributed by atoms with E-state index in [1.54, 1.807) is 23.7 Å². The first-order chi connectivity index (χ1) is 12.4. The number of pyridine rings is 1. The Morgan fingerprint density at radius 2 is 2.00 bits per heavy atom. The number of amides is 1. The molecule has 1 aromatic carbocycles. The molecule has 2 aromatic heterocycles. The molecule has 3 rings (SSSR count). The van der Waals surface area contributed by atoms with Crippen molar-refractivity contribution in [2.75, 3.05) is 5.32 Å². The van der Waals surface area contributed by atoms with Crippen LogP contribution in [-0.2, 0) is 0 Å². The summed E-state index contributed by atoms with van der Waals surface area (Å²) in [6, 6.07) is 9.63. The first-order valence-corrected chi connectivity index (χ1v) is 9.61. The van der Waals surface area contributed by atoms with Crippen molar-refractivity contribution in [1.29, 1.82) is 0 Å². The maximum absolute atomic E-state index is 12.7. The molecule has 0 saturated carbocycles. The lowest BCUT2D eigenvalue weighted by Crippen LogP contribution is -2.13. The lowest BCUT2D eigenvalue weighted by Gasteiger charge is -2.09. The van der Waals surface area contributed by atoms with Gasteiger partial charge in [-0.1, -0.05) is 29.5 Å². The van der Waals surface area contributed by atoms with Crippen LogP contribution < -0.4 is 5.32 Å². The predicted molar refractivity (Wildman–Crippen MR) is 104 cm³/mol. The van der Waals surface area contributed by atoms with Gasteiger partial charge in [0.05, 0.1) is 5.56 Å². The minimum Gasteiger partial charge on any atom is -0.298 e. The molecule has 0 aliphatic carbocycles. The molecule has 0 aliphatic rings. The number of thiazole rings is 1. The molecule has 3 aromatic rings. The second kappa shape index (κ2) is 7.80. The van der Waals surface area contributed by atoms with Crippen LogP contribution in [0.2, 0.25) is 0 Å². The van der Waals surface area contributed by atoms with Gasteiger partial charge in [0.25, 0.3) is 5.91 Å². The van der Waals surface area contributed by atoms with Crippen molar-refractivity contribution in [1.82, 2.24) is 9.97 Å². The van der Waals surface area contributed by atoms with Gasteiger partial charge in [0.1, 0.15) is 10.7 Å². The summed E-state index contributed by atoms with van der Waals surface area (Å²) >= 11 is 2.68. The van der Waals surface area contributed by atoms with E-state index in [4.69, 9.17) is 0 Å². The Hall–Kier alpha value is -2.51. The Balaban J connectivity index is 1.83. The molecule has 0 saturated heterocycles. The van der Waals surface area contributed by atoms with Gasteiger partial charge >= 0.3 is 0 Å². The van der Waals surface area contributed by atoms with E-state index in [1.807, 2.05) is 26.0 Å². The number of carbonyl (C=O) groups excluding carboxylic acids is 2. The second-order valence-corrected chi connectivity index (χ2v) is 7.66. The van der Waals surface area contributed by atoms with E-state index in [1.165, 1.54) is 35.6 Å². The number of ketones is 1. The molecule has 26 heavy (non-hydrogen) atoms. The van der Waals surface area contributed by atoms with Gasteiger partial charge in [0, 0.05) is 23.4 Å². The fraction of sp³-hybridized carbons (Fsp3) is 0.158. The molecule has 0 atom stereocenters. The number of aryl methyl sites for hydroxylation is 2. The van der Waals surface area contributed by atoms with Crippen LogP contribution in [0.5, 0.6) is 0 Å². The average molecular weight is 383 g/mol. The first kappa shape index (κ1) is 18.3. The van der Waals surface area contributed by atoms with Crippen LogP contribution in [0.1, 0.15) is 38.9 Å². The Bertz CT molecular complexity index is 982. The fourth-order valence-corrected chi connectivity index (χ4v) is 4.01. The molecule has 1 N–H and O–H groups in total. The predicted octanol–water partition coefficient (Wildman–Crippen LogP) is 4.76. The van der Waals surface area contributed by atoms with E-state index >= 15 is 0 Å². The van der Waals surface area contributed by atoms with Crippen molar-refractivity contribution < 1.29 is 9.59 Å². The molecule has 0 radical (unpaired) electrons. The quantitative estimate of drug-likeness (QED) is 0.643. The minimum atomic E-state index is -0.296. The van der Waals surface area contributed by atoms with E-state index in [0.29, 0.717) is 21.4 Å². The summed E-state index contributed by atoms with van der Waals surface area (Å²) < 4.78 is 0. The van der Waals surface area contributed by atoms with E-state index in [9.17, 15) is 9.59 Å². The van der Waals surface area contributed by atoms with Crippen LogP contribution in [0, 0.1) is 13.8 Å². The summed E-state index contributed by atoms with van der Waals surface area (Å²) in [4.78, 5) is 33.5. The van der Waals surface area contributed by atoms with Crippen molar-refractivity contribution >= 4 is 39.9 Å². The number of hydrogen-bond acceptors (Lipinski definition) is 6. The second-order valence-electron chi connectivity index (χ2n) is 5.78. The van der Waals surface area contributed by atoms with E-state index in [2.05, 4.69) is 21.4 Å². The lowest BCUT2D eigenvalue weighted by atomic mass is 10.2. The zero-order valence-corrected chi connectivity index (χ0v) is 16.2. The Morgan fingerprint density at radius 1 is 1.19 bits per heavy atom. The van der Waals surface area contributed by atoms with Crippen molar-refractivity contribution in [3.8, 4) is 0 Å². The van der Waals surface area contributed by atoms with Crippen LogP contribution in [0.25, 0.3) is 0 Å². The van der Waals surface area contributed by atoms with Gasteiger partial charge < -0.3 is 0 Å². The minimum absolute atomic E-state index is 0.130.